The fourth-order valence-corrected chi connectivity index (χ4v) is 2.06. The van der Waals surface area contributed by atoms with Gasteiger partial charge in [-0.3, -0.25) is 24.1 Å². The summed E-state index contributed by atoms with van der Waals surface area (Å²) in [5.41, 5.74) is 0. The Morgan fingerprint density at radius 2 is 2.05 bits per heavy atom. The standard InChI is InChI=1S/C12H14N2O5/c1-7(14-10(16)4-5-11(14)17)6-12(18)19-9-3-2-8(15)13-9/h4-5,7,9H,2-3,6H2,1H3,(H,13,15). The molecule has 2 atom stereocenters. The molecule has 7 nitrogen and oxygen atoms in total. The van der Waals surface area contributed by atoms with Crippen LogP contribution in [0.3, 0.4) is 0 Å². The molecule has 0 saturated carbocycles. The monoisotopic (exact) mass is 266 g/mol. The van der Waals surface area contributed by atoms with E-state index in [4.69, 9.17) is 4.74 Å². The summed E-state index contributed by atoms with van der Waals surface area (Å²) in [7, 11) is 0. The highest BCUT2D eigenvalue weighted by Gasteiger charge is 2.31. The Morgan fingerprint density at radius 3 is 2.58 bits per heavy atom. The molecule has 0 aromatic heterocycles. The lowest BCUT2D eigenvalue weighted by atomic mass is 10.2. The first-order chi connectivity index (χ1) is 8.97. The van der Waals surface area contributed by atoms with Crippen LogP contribution < -0.4 is 5.32 Å². The normalized spacial score (nSPS) is 23.7. The summed E-state index contributed by atoms with van der Waals surface area (Å²) in [6.07, 6.45) is 2.42. The molecule has 0 radical (unpaired) electrons. The highest BCUT2D eigenvalue weighted by molar-refractivity contribution is 6.13. The first-order valence-electron chi connectivity index (χ1n) is 6.01. The van der Waals surface area contributed by atoms with Crippen LogP contribution in [0.15, 0.2) is 12.2 Å². The molecule has 3 amide bonds. The molecule has 19 heavy (non-hydrogen) atoms. The number of amides is 3. The van der Waals surface area contributed by atoms with Crippen molar-refractivity contribution < 1.29 is 23.9 Å². The van der Waals surface area contributed by atoms with Gasteiger partial charge in [-0.2, -0.15) is 0 Å². The van der Waals surface area contributed by atoms with Crippen molar-refractivity contribution in [2.24, 2.45) is 0 Å². The summed E-state index contributed by atoms with van der Waals surface area (Å²) in [6, 6.07) is -0.570. The van der Waals surface area contributed by atoms with Gasteiger partial charge in [0.25, 0.3) is 11.8 Å². The minimum absolute atomic E-state index is 0.0917. The average Bonchev–Trinajstić information content (AvgIpc) is 2.85. The van der Waals surface area contributed by atoms with Crippen LogP contribution in [0, 0.1) is 0 Å². The predicted octanol–water partition coefficient (Wildman–Crippen LogP) is -0.531. The van der Waals surface area contributed by atoms with Crippen molar-refractivity contribution in [2.75, 3.05) is 0 Å². The third-order valence-electron chi connectivity index (χ3n) is 2.98. The molecule has 102 valence electrons. The highest BCUT2D eigenvalue weighted by Crippen LogP contribution is 2.14. The summed E-state index contributed by atoms with van der Waals surface area (Å²) in [4.78, 5) is 46.4. The molecule has 2 rings (SSSR count). The van der Waals surface area contributed by atoms with Gasteiger partial charge in [0.1, 0.15) is 0 Å². The lowest BCUT2D eigenvalue weighted by Crippen LogP contribution is -2.40. The van der Waals surface area contributed by atoms with Crippen molar-refractivity contribution in [1.29, 1.82) is 0 Å². The molecule has 0 spiro atoms. The second kappa shape index (κ2) is 5.21. The van der Waals surface area contributed by atoms with E-state index in [9.17, 15) is 19.2 Å². The number of imide groups is 1. The third-order valence-corrected chi connectivity index (χ3v) is 2.98. The summed E-state index contributed by atoms with van der Waals surface area (Å²) in [6.45, 7) is 1.59. The lowest BCUT2D eigenvalue weighted by Gasteiger charge is -2.22. The quantitative estimate of drug-likeness (QED) is 0.545. The van der Waals surface area contributed by atoms with E-state index in [1.165, 1.54) is 12.2 Å². The maximum Gasteiger partial charge on any atom is 0.309 e. The molecular weight excluding hydrogens is 252 g/mol. The largest absolute Gasteiger partial charge is 0.442 e. The van der Waals surface area contributed by atoms with E-state index < -0.39 is 30.1 Å². The maximum absolute atomic E-state index is 11.6. The van der Waals surface area contributed by atoms with Gasteiger partial charge < -0.3 is 10.1 Å². The van der Waals surface area contributed by atoms with Crippen molar-refractivity contribution in [3.63, 3.8) is 0 Å². The van der Waals surface area contributed by atoms with Crippen LogP contribution in [0.1, 0.15) is 26.2 Å². The van der Waals surface area contributed by atoms with Crippen LogP contribution in [0.4, 0.5) is 0 Å². The smallest absolute Gasteiger partial charge is 0.309 e. The van der Waals surface area contributed by atoms with E-state index in [2.05, 4.69) is 5.32 Å². The fourth-order valence-electron chi connectivity index (χ4n) is 2.06. The zero-order valence-electron chi connectivity index (χ0n) is 10.4. The van der Waals surface area contributed by atoms with Crippen LogP contribution in [0.25, 0.3) is 0 Å². The van der Waals surface area contributed by atoms with E-state index >= 15 is 0 Å². The number of carbonyl (C=O) groups is 4. The molecule has 1 saturated heterocycles. The van der Waals surface area contributed by atoms with Crippen molar-refractivity contribution >= 4 is 23.7 Å². The van der Waals surface area contributed by atoms with Crippen LogP contribution in [-0.2, 0) is 23.9 Å². The number of nitrogens with zero attached hydrogens (tertiary/aromatic N) is 1. The first-order valence-corrected chi connectivity index (χ1v) is 6.01. The van der Waals surface area contributed by atoms with Crippen LogP contribution >= 0.6 is 0 Å². The average molecular weight is 266 g/mol. The highest BCUT2D eigenvalue weighted by atomic mass is 16.6. The Balaban J connectivity index is 1.83. The molecule has 0 bridgehead atoms. The van der Waals surface area contributed by atoms with Gasteiger partial charge in [-0.05, 0) is 6.92 Å². The Bertz CT molecular complexity index is 453. The Hall–Kier alpha value is -2.18. The predicted molar refractivity (Wildman–Crippen MR) is 62.3 cm³/mol. The minimum atomic E-state index is -0.602. The van der Waals surface area contributed by atoms with Crippen molar-refractivity contribution in [1.82, 2.24) is 10.2 Å². The number of nitrogens with one attached hydrogen (secondary N) is 1. The third kappa shape index (κ3) is 2.98. The molecule has 2 unspecified atom stereocenters. The Kier molecular flexibility index (Phi) is 3.64. The van der Waals surface area contributed by atoms with E-state index in [1.54, 1.807) is 6.92 Å². The van der Waals surface area contributed by atoms with E-state index in [1.807, 2.05) is 0 Å². The molecule has 7 heteroatoms. The van der Waals surface area contributed by atoms with E-state index in [0.717, 1.165) is 4.90 Å². The second-order valence-electron chi connectivity index (χ2n) is 4.52. The summed E-state index contributed by atoms with van der Waals surface area (Å²) in [5.74, 6) is -1.56. The second-order valence-corrected chi connectivity index (χ2v) is 4.52. The molecule has 0 aromatic rings. The molecular formula is C12H14N2O5. The lowest BCUT2D eigenvalue weighted by molar-refractivity contribution is -0.152. The molecule has 1 fully saturated rings. The number of hydrogen-bond donors (Lipinski definition) is 1. The van der Waals surface area contributed by atoms with Gasteiger partial charge in [-0.25, -0.2) is 0 Å². The summed E-state index contributed by atoms with van der Waals surface area (Å²) >= 11 is 0. The van der Waals surface area contributed by atoms with Gasteiger partial charge in [0, 0.05) is 31.0 Å². The Labute approximate surface area is 109 Å². The van der Waals surface area contributed by atoms with Gasteiger partial charge >= 0.3 is 5.97 Å². The molecule has 0 aliphatic carbocycles. The summed E-state index contributed by atoms with van der Waals surface area (Å²) in [5, 5.41) is 2.50. The summed E-state index contributed by atoms with van der Waals surface area (Å²) < 4.78 is 5.04. The van der Waals surface area contributed by atoms with Crippen molar-refractivity contribution in [3.05, 3.63) is 12.2 Å². The minimum Gasteiger partial charge on any atom is -0.442 e. The van der Waals surface area contributed by atoms with E-state index in [-0.39, 0.29) is 12.3 Å². The topological polar surface area (TPSA) is 92.8 Å². The molecule has 0 aromatic carbocycles. The number of hydrogen-bond acceptors (Lipinski definition) is 5. The number of esters is 1. The van der Waals surface area contributed by atoms with Crippen molar-refractivity contribution in [3.8, 4) is 0 Å². The molecule has 1 N–H and O–H groups in total. The zero-order chi connectivity index (χ0) is 14.0. The number of carbonyl (C=O) groups excluding carboxylic acids is 4. The van der Waals surface area contributed by atoms with Crippen LogP contribution in [0.5, 0.6) is 0 Å². The maximum atomic E-state index is 11.6. The Morgan fingerprint density at radius 1 is 1.42 bits per heavy atom. The van der Waals surface area contributed by atoms with Gasteiger partial charge in [-0.15, -0.1) is 0 Å². The molecule has 2 heterocycles. The first kappa shape index (κ1) is 13.3. The fraction of sp³-hybridized carbons (Fsp3) is 0.500. The number of ether oxygens (including phenoxy) is 1. The SMILES string of the molecule is CC(CC(=O)OC1CCC(=O)N1)N1C(=O)C=CC1=O. The van der Waals surface area contributed by atoms with Crippen LogP contribution in [0.2, 0.25) is 0 Å². The van der Waals surface area contributed by atoms with Gasteiger partial charge in [0.15, 0.2) is 6.23 Å². The van der Waals surface area contributed by atoms with Gasteiger partial charge in [0.2, 0.25) is 5.91 Å². The zero-order valence-corrected chi connectivity index (χ0v) is 10.4. The molecule has 2 aliphatic heterocycles. The van der Waals surface area contributed by atoms with Crippen LogP contribution in [-0.4, -0.2) is 40.9 Å². The van der Waals surface area contributed by atoms with E-state index in [0.29, 0.717) is 12.8 Å². The number of rotatable bonds is 4. The van der Waals surface area contributed by atoms with Gasteiger partial charge in [-0.1, -0.05) is 0 Å². The van der Waals surface area contributed by atoms with Gasteiger partial charge in [0.05, 0.1) is 6.42 Å². The molecule has 2 aliphatic rings. The van der Waals surface area contributed by atoms with Crippen molar-refractivity contribution in [2.45, 2.75) is 38.5 Å².